The van der Waals surface area contributed by atoms with Gasteiger partial charge in [-0.2, -0.15) is 0 Å². The van der Waals surface area contributed by atoms with Gasteiger partial charge in [-0.15, -0.1) is 0 Å². The van der Waals surface area contributed by atoms with Gasteiger partial charge < -0.3 is 35.2 Å². The Balaban J connectivity index is 1.90. The second-order valence-electron chi connectivity index (χ2n) is 7.55. The van der Waals surface area contributed by atoms with E-state index in [9.17, 15) is 25.2 Å². The van der Waals surface area contributed by atoms with Crippen molar-refractivity contribution in [1.82, 2.24) is 5.32 Å². The first-order valence-electron chi connectivity index (χ1n) is 9.76. The van der Waals surface area contributed by atoms with Gasteiger partial charge in [0.25, 0.3) is 0 Å². The third kappa shape index (κ3) is 5.01. The smallest absolute Gasteiger partial charge is 0.222 e. The minimum atomic E-state index is -2.32. The van der Waals surface area contributed by atoms with E-state index in [0.29, 0.717) is 17.0 Å². The molecule has 2 aromatic rings. The molecule has 9 heteroatoms. The topological polar surface area (TPSA) is 128 Å². The Kier molecular flexibility index (Phi) is 7.20. The van der Waals surface area contributed by atoms with Crippen LogP contribution in [0.1, 0.15) is 23.6 Å². The first-order chi connectivity index (χ1) is 14.7. The van der Waals surface area contributed by atoms with Gasteiger partial charge in [-0.05, 0) is 41.8 Å². The Bertz CT molecular complexity index is 923. The van der Waals surface area contributed by atoms with Crippen LogP contribution in [0.3, 0.4) is 0 Å². The minimum absolute atomic E-state index is 0.158. The third-order valence-electron chi connectivity index (χ3n) is 5.35. The minimum Gasteiger partial charge on any atom is -0.497 e. The third-order valence-corrected chi connectivity index (χ3v) is 5.72. The van der Waals surface area contributed by atoms with E-state index in [2.05, 4.69) is 5.32 Å². The van der Waals surface area contributed by atoms with E-state index in [1.54, 1.807) is 19.2 Å². The number of carbonyl (C=O) groups excluding carboxylic acids is 1. The second-order valence-corrected chi connectivity index (χ2v) is 7.95. The fraction of sp³-hybridized carbons (Fsp3) is 0.409. The van der Waals surface area contributed by atoms with Crippen LogP contribution in [0.15, 0.2) is 42.5 Å². The van der Waals surface area contributed by atoms with Crippen LogP contribution in [0, 0.1) is 0 Å². The van der Waals surface area contributed by atoms with Crippen LogP contribution in [0.4, 0.5) is 0 Å². The molecule has 1 heterocycles. The van der Waals surface area contributed by atoms with Gasteiger partial charge in [0.05, 0.1) is 7.11 Å². The van der Waals surface area contributed by atoms with Gasteiger partial charge in [-0.25, -0.2) is 0 Å². The van der Waals surface area contributed by atoms with Gasteiger partial charge in [-0.1, -0.05) is 29.8 Å². The maximum absolute atomic E-state index is 11.2. The van der Waals surface area contributed by atoms with Gasteiger partial charge in [0, 0.05) is 24.1 Å². The lowest BCUT2D eigenvalue weighted by Gasteiger charge is -2.46. The lowest BCUT2D eigenvalue weighted by molar-refractivity contribution is -0.353. The SMILES string of the molecule is COc1ccc(Cc2cc([C@@]3(O)O[C@H](CNC(C)=O)[C@@H](O)[C@H](O)[C@H]3O)ccc2Cl)cc1. The Morgan fingerprint density at radius 3 is 2.45 bits per heavy atom. The Morgan fingerprint density at radius 1 is 1.16 bits per heavy atom. The van der Waals surface area contributed by atoms with Gasteiger partial charge >= 0.3 is 0 Å². The van der Waals surface area contributed by atoms with E-state index in [-0.39, 0.29) is 18.0 Å². The number of methoxy groups -OCH3 is 1. The summed E-state index contributed by atoms with van der Waals surface area (Å²) in [5.41, 5.74) is 1.76. The molecule has 1 amide bonds. The van der Waals surface area contributed by atoms with E-state index in [4.69, 9.17) is 21.1 Å². The van der Waals surface area contributed by atoms with Crippen LogP contribution < -0.4 is 10.1 Å². The Labute approximate surface area is 185 Å². The van der Waals surface area contributed by atoms with E-state index in [0.717, 1.165) is 11.3 Å². The number of hydrogen-bond acceptors (Lipinski definition) is 7. The summed E-state index contributed by atoms with van der Waals surface area (Å²) in [6, 6.07) is 12.0. The molecule has 0 aliphatic carbocycles. The van der Waals surface area contributed by atoms with Crippen molar-refractivity contribution < 1.29 is 34.7 Å². The molecule has 1 fully saturated rings. The summed E-state index contributed by atoms with van der Waals surface area (Å²) < 4.78 is 10.8. The molecule has 0 radical (unpaired) electrons. The van der Waals surface area contributed by atoms with Gasteiger partial charge in [-0.3, -0.25) is 4.79 Å². The highest BCUT2D eigenvalue weighted by Crippen LogP contribution is 2.38. The zero-order chi connectivity index (χ0) is 22.8. The van der Waals surface area contributed by atoms with Gasteiger partial charge in [0.15, 0.2) is 0 Å². The number of ether oxygens (including phenoxy) is 2. The molecule has 168 valence electrons. The molecular formula is C22H26ClNO7. The summed E-state index contributed by atoms with van der Waals surface area (Å²) in [6.45, 7) is 1.13. The first-order valence-corrected chi connectivity index (χ1v) is 10.1. The molecule has 0 spiro atoms. The number of carbonyl (C=O) groups is 1. The molecule has 1 aliphatic rings. The highest BCUT2D eigenvalue weighted by Gasteiger charge is 2.53. The van der Waals surface area contributed by atoms with Crippen LogP contribution in [-0.4, -0.2) is 64.4 Å². The molecule has 1 saturated heterocycles. The van der Waals surface area contributed by atoms with Crippen molar-refractivity contribution in [2.45, 2.75) is 43.5 Å². The molecular weight excluding hydrogens is 426 g/mol. The van der Waals surface area contributed by atoms with Crippen LogP contribution in [-0.2, 0) is 21.7 Å². The Hall–Kier alpha value is -2.20. The number of nitrogens with one attached hydrogen (secondary N) is 1. The Morgan fingerprint density at radius 2 is 1.84 bits per heavy atom. The summed E-state index contributed by atoms with van der Waals surface area (Å²) in [7, 11) is 1.58. The van der Waals surface area contributed by atoms with E-state index in [1.807, 2.05) is 24.3 Å². The molecule has 2 aromatic carbocycles. The number of aliphatic hydroxyl groups excluding tert-OH is 3. The quantitative estimate of drug-likeness (QED) is 0.437. The summed E-state index contributed by atoms with van der Waals surface area (Å²) in [6.07, 6.45) is -5.74. The molecule has 0 aromatic heterocycles. The molecule has 8 nitrogen and oxygen atoms in total. The van der Waals surface area contributed by atoms with Crippen molar-refractivity contribution in [3.05, 3.63) is 64.2 Å². The molecule has 31 heavy (non-hydrogen) atoms. The molecule has 0 bridgehead atoms. The average molecular weight is 452 g/mol. The number of amides is 1. The largest absolute Gasteiger partial charge is 0.497 e. The van der Waals surface area contributed by atoms with Crippen molar-refractivity contribution >= 4 is 17.5 Å². The molecule has 5 N–H and O–H groups in total. The average Bonchev–Trinajstić information content (AvgIpc) is 2.75. The van der Waals surface area contributed by atoms with Crippen LogP contribution in [0.2, 0.25) is 5.02 Å². The standard InChI is InChI=1S/C22H26ClNO7/c1-12(25)24-11-18-19(26)20(27)21(28)22(29,31-18)15-5-8-17(23)14(10-15)9-13-3-6-16(30-2)7-4-13/h3-8,10,18-21,26-29H,9,11H2,1-2H3,(H,24,25)/t18-,19-,20+,21-,22-/m1/s1. The molecule has 3 rings (SSSR count). The number of rotatable bonds is 6. The predicted molar refractivity (Wildman–Crippen MR) is 113 cm³/mol. The summed E-state index contributed by atoms with van der Waals surface area (Å²) in [5, 5.41) is 45.1. The first kappa shape index (κ1) is 23.5. The maximum Gasteiger partial charge on any atom is 0.222 e. The highest BCUT2D eigenvalue weighted by molar-refractivity contribution is 6.31. The van der Waals surface area contributed by atoms with Gasteiger partial charge in [0.1, 0.15) is 30.2 Å². The lowest BCUT2D eigenvalue weighted by atomic mass is 9.87. The zero-order valence-electron chi connectivity index (χ0n) is 17.2. The summed E-state index contributed by atoms with van der Waals surface area (Å²) in [5.74, 6) is -1.97. The van der Waals surface area contributed by atoms with Crippen molar-refractivity contribution in [2.24, 2.45) is 0 Å². The number of benzene rings is 2. The molecule has 0 unspecified atom stereocenters. The van der Waals surface area contributed by atoms with Crippen molar-refractivity contribution in [3.8, 4) is 5.75 Å². The number of halogens is 1. The monoisotopic (exact) mass is 451 g/mol. The van der Waals surface area contributed by atoms with E-state index in [1.165, 1.54) is 13.0 Å². The summed E-state index contributed by atoms with van der Waals surface area (Å²) in [4.78, 5) is 11.2. The maximum atomic E-state index is 11.2. The number of hydrogen-bond donors (Lipinski definition) is 5. The highest BCUT2D eigenvalue weighted by atomic mass is 35.5. The van der Waals surface area contributed by atoms with Crippen LogP contribution >= 0.6 is 11.6 Å². The fourth-order valence-corrected chi connectivity index (χ4v) is 3.73. The number of aliphatic hydroxyl groups is 4. The van der Waals surface area contributed by atoms with E-state index >= 15 is 0 Å². The predicted octanol–water partition coefficient (Wildman–Crippen LogP) is 0.702. The molecule has 0 saturated carbocycles. The van der Waals surface area contributed by atoms with Crippen molar-refractivity contribution in [1.29, 1.82) is 0 Å². The van der Waals surface area contributed by atoms with Gasteiger partial charge in [0.2, 0.25) is 11.7 Å². The van der Waals surface area contributed by atoms with Crippen LogP contribution in [0.25, 0.3) is 0 Å². The van der Waals surface area contributed by atoms with Crippen LogP contribution in [0.5, 0.6) is 5.75 Å². The van der Waals surface area contributed by atoms with Crippen molar-refractivity contribution in [3.63, 3.8) is 0 Å². The second kappa shape index (κ2) is 9.52. The normalized spacial score (nSPS) is 28.2. The molecule has 1 aliphatic heterocycles. The molecule has 5 atom stereocenters. The van der Waals surface area contributed by atoms with Crippen molar-refractivity contribution in [2.75, 3.05) is 13.7 Å². The zero-order valence-corrected chi connectivity index (χ0v) is 17.9. The van der Waals surface area contributed by atoms with E-state index < -0.39 is 30.2 Å². The lowest BCUT2D eigenvalue weighted by Crippen LogP contribution is -2.64. The fourth-order valence-electron chi connectivity index (χ4n) is 3.55. The summed E-state index contributed by atoms with van der Waals surface area (Å²) >= 11 is 6.34.